The highest BCUT2D eigenvalue weighted by Crippen LogP contribution is 2.33. The van der Waals surface area contributed by atoms with Crippen molar-refractivity contribution in [3.05, 3.63) is 57.3 Å². The van der Waals surface area contributed by atoms with Crippen LogP contribution in [-0.2, 0) is 11.2 Å². The molecule has 2 aromatic rings. The van der Waals surface area contributed by atoms with Crippen LogP contribution in [0.1, 0.15) is 40.6 Å². The summed E-state index contributed by atoms with van der Waals surface area (Å²) >= 11 is 1.73. The van der Waals surface area contributed by atoms with Crippen molar-refractivity contribution in [2.24, 2.45) is 0 Å². The van der Waals surface area contributed by atoms with Crippen molar-refractivity contribution >= 4 is 17.2 Å². The molecule has 0 bridgehead atoms. The molecule has 1 saturated heterocycles. The quantitative estimate of drug-likeness (QED) is 0.870. The predicted molar refractivity (Wildman–Crippen MR) is 93.4 cm³/mol. The van der Waals surface area contributed by atoms with Crippen molar-refractivity contribution in [2.45, 2.75) is 44.8 Å². The lowest BCUT2D eigenvalue weighted by molar-refractivity contribution is -0.132. The van der Waals surface area contributed by atoms with Gasteiger partial charge in [-0.25, -0.2) is 8.78 Å². The smallest absolute Gasteiger partial charge is 0.223 e. The van der Waals surface area contributed by atoms with Gasteiger partial charge in [-0.15, -0.1) is 11.3 Å². The average Bonchev–Trinajstić information content (AvgIpc) is 3.16. The van der Waals surface area contributed by atoms with Crippen LogP contribution in [0.15, 0.2) is 30.3 Å². The highest BCUT2D eigenvalue weighted by molar-refractivity contribution is 7.11. The van der Waals surface area contributed by atoms with Crippen molar-refractivity contribution in [2.75, 3.05) is 6.54 Å². The van der Waals surface area contributed by atoms with Gasteiger partial charge in [-0.3, -0.25) is 4.79 Å². The number of thiophene rings is 1. The van der Waals surface area contributed by atoms with Gasteiger partial charge in [0, 0.05) is 22.7 Å². The number of β-amino-alcohol motifs (C(OH)–C–C–N with tert-alkyl or cyclic N) is 1. The molecule has 1 amide bonds. The first-order chi connectivity index (χ1) is 11.9. The molecule has 1 aliphatic heterocycles. The molecular formula is C19H21F2NO2S. The van der Waals surface area contributed by atoms with Gasteiger partial charge in [0.25, 0.3) is 0 Å². The molecule has 1 aromatic heterocycles. The molecule has 3 nitrogen and oxygen atoms in total. The van der Waals surface area contributed by atoms with E-state index in [4.69, 9.17) is 0 Å². The Bertz CT molecular complexity index is 762. The molecule has 25 heavy (non-hydrogen) atoms. The maximum absolute atomic E-state index is 13.5. The molecule has 0 aliphatic carbocycles. The van der Waals surface area contributed by atoms with E-state index >= 15 is 0 Å². The standard InChI is InChI=1S/C19H21F2NO2S/c1-12-5-7-15(25-12)3-2-4-19(24)22-11-14(23)10-18(22)13-6-8-16(20)17(21)9-13/h5-9,14,18,23H,2-4,10-11H2,1H3/t14-,18-/m1/s1. The van der Waals surface area contributed by atoms with Gasteiger partial charge in [0.15, 0.2) is 11.6 Å². The molecule has 1 fully saturated rings. The van der Waals surface area contributed by atoms with Crippen LogP contribution in [0.25, 0.3) is 0 Å². The number of hydrogen-bond donors (Lipinski definition) is 1. The molecule has 0 spiro atoms. The molecule has 3 rings (SSSR count). The Morgan fingerprint density at radius 2 is 2.08 bits per heavy atom. The lowest BCUT2D eigenvalue weighted by atomic mass is 10.0. The first-order valence-electron chi connectivity index (χ1n) is 8.42. The number of aryl methyl sites for hydroxylation is 2. The van der Waals surface area contributed by atoms with E-state index in [1.165, 1.54) is 15.8 Å². The van der Waals surface area contributed by atoms with Gasteiger partial charge in [0.1, 0.15) is 0 Å². The zero-order valence-electron chi connectivity index (χ0n) is 14.0. The number of amides is 1. The highest BCUT2D eigenvalue weighted by Gasteiger charge is 2.35. The summed E-state index contributed by atoms with van der Waals surface area (Å²) in [5.74, 6) is -1.90. The van der Waals surface area contributed by atoms with Crippen molar-refractivity contribution in [3.8, 4) is 0 Å². The van der Waals surface area contributed by atoms with Gasteiger partial charge in [0.2, 0.25) is 5.91 Å². The fourth-order valence-corrected chi connectivity index (χ4v) is 4.23. The number of aliphatic hydroxyl groups is 1. The van der Waals surface area contributed by atoms with Gasteiger partial charge in [-0.1, -0.05) is 6.07 Å². The van der Waals surface area contributed by atoms with Gasteiger partial charge in [-0.2, -0.15) is 0 Å². The second-order valence-corrected chi connectivity index (χ2v) is 7.86. The fraction of sp³-hybridized carbons (Fsp3) is 0.421. The molecule has 6 heteroatoms. The van der Waals surface area contributed by atoms with E-state index in [1.54, 1.807) is 16.2 Å². The first-order valence-corrected chi connectivity index (χ1v) is 9.23. The molecule has 1 N–H and O–H groups in total. The Morgan fingerprint density at radius 3 is 2.76 bits per heavy atom. The minimum atomic E-state index is -0.931. The second-order valence-electron chi connectivity index (χ2n) is 6.49. The predicted octanol–water partition coefficient (Wildman–Crippen LogP) is 3.99. The van der Waals surface area contributed by atoms with Crippen LogP contribution in [0.4, 0.5) is 8.78 Å². The number of rotatable bonds is 5. The average molecular weight is 365 g/mol. The Balaban J connectivity index is 1.64. The third-order valence-electron chi connectivity index (χ3n) is 4.54. The molecule has 1 aromatic carbocycles. The van der Waals surface area contributed by atoms with E-state index in [2.05, 4.69) is 19.1 Å². The molecule has 0 saturated carbocycles. The van der Waals surface area contributed by atoms with Gasteiger partial charge in [-0.05, 0) is 56.0 Å². The van der Waals surface area contributed by atoms with Crippen LogP contribution in [0.5, 0.6) is 0 Å². The SMILES string of the molecule is Cc1ccc(CCCC(=O)N2C[C@H](O)C[C@@H]2c2ccc(F)c(F)c2)s1. The molecule has 1 aliphatic rings. The number of aliphatic hydroxyl groups excluding tert-OH is 1. The fourth-order valence-electron chi connectivity index (χ4n) is 3.30. The summed E-state index contributed by atoms with van der Waals surface area (Å²) in [6.07, 6.45) is 1.67. The number of hydrogen-bond acceptors (Lipinski definition) is 3. The number of likely N-dealkylation sites (tertiary alicyclic amines) is 1. The summed E-state index contributed by atoms with van der Waals surface area (Å²) in [5.41, 5.74) is 0.526. The van der Waals surface area contributed by atoms with Crippen LogP contribution < -0.4 is 0 Å². The summed E-state index contributed by atoms with van der Waals surface area (Å²) in [6.45, 7) is 2.29. The number of carbonyl (C=O) groups excluding carboxylic acids is 1. The van der Waals surface area contributed by atoms with Gasteiger partial charge < -0.3 is 10.0 Å². The first kappa shape index (κ1) is 18.0. The molecule has 0 unspecified atom stereocenters. The third-order valence-corrected chi connectivity index (χ3v) is 5.60. The summed E-state index contributed by atoms with van der Waals surface area (Å²) < 4.78 is 26.7. The van der Waals surface area contributed by atoms with Gasteiger partial charge in [0.05, 0.1) is 12.1 Å². The largest absolute Gasteiger partial charge is 0.391 e. The van der Waals surface area contributed by atoms with Gasteiger partial charge >= 0.3 is 0 Å². The Kier molecular flexibility index (Phi) is 5.49. The number of halogens is 2. The van der Waals surface area contributed by atoms with Crippen LogP contribution in [0.2, 0.25) is 0 Å². The van der Waals surface area contributed by atoms with Crippen LogP contribution in [0, 0.1) is 18.6 Å². The summed E-state index contributed by atoms with van der Waals surface area (Å²) in [5, 5.41) is 9.95. The van der Waals surface area contributed by atoms with Crippen molar-refractivity contribution < 1.29 is 18.7 Å². The van der Waals surface area contributed by atoms with E-state index in [0.29, 0.717) is 18.4 Å². The summed E-state index contributed by atoms with van der Waals surface area (Å²) in [7, 11) is 0. The van der Waals surface area contributed by atoms with E-state index in [-0.39, 0.29) is 12.5 Å². The minimum absolute atomic E-state index is 0.0560. The molecule has 2 atom stereocenters. The molecule has 0 radical (unpaired) electrons. The van der Waals surface area contributed by atoms with E-state index in [1.807, 2.05) is 0 Å². The lowest BCUT2D eigenvalue weighted by Crippen LogP contribution is -2.31. The Labute approximate surface area is 149 Å². The Hall–Kier alpha value is -1.79. The van der Waals surface area contributed by atoms with E-state index in [0.717, 1.165) is 25.0 Å². The lowest BCUT2D eigenvalue weighted by Gasteiger charge is -2.25. The number of nitrogens with zero attached hydrogens (tertiary/aromatic N) is 1. The van der Waals surface area contributed by atoms with Crippen molar-refractivity contribution in [3.63, 3.8) is 0 Å². The zero-order valence-corrected chi connectivity index (χ0v) is 14.9. The summed E-state index contributed by atoms with van der Waals surface area (Å²) in [4.78, 5) is 16.7. The van der Waals surface area contributed by atoms with Crippen molar-refractivity contribution in [1.29, 1.82) is 0 Å². The maximum atomic E-state index is 13.5. The number of carbonyl (C=O) groups is 1. The van der Waals surface area contributed by atoms with Crippen molar-refractivity contribution in [1.82, 2.24) is 4.90 Å². The second kappa shape index (κ2) is 7.62. The minimum Gasteiger partial charge on any atom is -0.391 e. The Morgan fingerprint density at radius 1 is 1.28 bits per heavy atom. The molecule has 2 heterocycles. The monoisotopic (exact) mass is 365 g/mol. The highest BCUT2D eigenvalue weighted by atomic mass is 32.1. The topological polar surface area (TPSA) is 40.5 Å². The van der Waals surface area contributed by atoms with Crippen LogP contribution in [0.3, 0.4) is 0 Å². The number of benzene rings is 1. The third kappa shape index (κ3) is 4.25. The van der Waals surface area contributed by atoms with E-state index in [9.17, 15) is 18.7 Å². The van der Waals surface area contributed by atoms with Crippen LogP contribution in [-0.4, -0.2) is 28.6 Å². The van der Waals surface area contributed by atoms with E-state index < -0.39 is 23.8 Å². The summed E-state index contributed by atoms with van der Waals surface area (Å²) in [6, 6.07) is 7.41. The molecule has 134 valence electrons. The molecular weight excluding hydrogens is 344 g/mol. The zero-order chi connectivity index (χ0) is 18.0. The maximum Gasteiger partial charge on any atom is 0.223 e. The normalized spacial score (nSPS) is 20.2. The van der Waals surface area contributed by atoms with Crippen LogP contribution >= 0.6 is 11.3 Å².